The summed E-state index contributed by atoms with van der Waals surface area (Å²) >= 11 is 1.40. The van der Waals surface area contributed by atoms with Gasteiger partial charge in [0.1, 0.15) is 5.82 Å². The van der Waals surface area contributed by atoms with Crippen LogP contribution < -0.4 is 10.6 Å². The van der Waals surface area contributed by atoms with E-state index in [-0.39, 0.29) is 24.1 Å². The Morgan fingerprint density at radius 3 is 2.51 bits per heavy atom. The second-order valence-corrected chi connectivity index (χ2v) is 9.38. The highest BCUT2D eigenvalue weighted by atomic mass is 32.2. The molecule has 0 radical (unpaired) electrons. The van der Waals surface area contributed by atoms with Crippen LogP contribution in [0.1, 0.15) is 30.6 Å². The van der Waals surface area contributed by atoms with Crippen LogP contribution in [0.4, 0.5) is 10.1 Å². The zero-order valence-corrected chi connectivity index (χ0v) is 20.8. The highest BCUT2D eigenvalue weighted by Crippen LogP contribution is 2.44. The SMILES string of the molecule is CC1=C(C(=O)Nc2ccccc2)[C@H](c2ccc(F)cc2)N2C(CC(=O)NCc3ccccn3)=CSC2=N1. The molecule has 3 aromatic rings. The highest BCUT2D eigenvalue weighted by molar-refractivity contribution is 8.16. The number of carbonyl (C=O) groups excluding carboxylic acids is 2. The number of anilines is 1. The summed E-state index contributed by atoms with van der Waals surface area (Å²) in [4.78, 5) is 37.2. The Labute approximate surface area is 218 Å². The van der Waals surface area contributed by atoms with Crippen molar-refractivity contribution in [2.24, 2.45) is 4.99 Å². The number of para-hydroxylation sites is 1. The first-order valence-corrected chi connectivity index (χ1v) is 12.6. The quantitative estimate of drug-likeness (QED) is 0.457. The van der Waals surface area contributed by atoms with E-state index in [2.05, 4.69) is 20.6 Å². The number of aromatic nitrogens is 1. The van der Waals surface area contributed by atoms with Crippen LogP contribution in [-0.4, -0.2) is 26.9 Å². The van der Waals surface area contributed by atoms with Crippen molar-refractivity contribution >= 4 is 34.4 Å². The van der Waals surface area contributed by atoms with Gasteiger partial charge >= 0.3 is 0 Å². The highest BCUT2D eigenvalue weighted by Gasteiger charge is 2.40. The Morgan fingerprint density at radius 1 is 1.03 bits per heavy atom. The number of fused-ring (bicyclic) bond motifs is 1. The van der Waals surface area contributed by atoms with Crippen molar-refractivity contribution in [1.29, 1.82) is 0 Å². The van der Waals surface area contributed by atoms with E-state index in [0.29, 0.717) is 39.9 Å². The number of halogens is 1. The summed E-state index contributed by atoms with van der Waals surface area (Å²) in [5.74, 6) is -0.861. The minimum Gasteiger partial charge on any atom is -0.350 e. The number of benzene rings is 2. The van der Waals surface area contributed by atoms with E-state index in [1.807, 2.05) is 46.7 Å². The van der Waals surface area contributed by atoms with Crippen LogP contribution in [0.25, 0.3) is 0 Å². The molecule has 0 bridgehead atoms. The third-order valence-corrected chi connectivity index (χ3v) is 6.89. The minimum atomic E-state index is -0.582. The Hall–Kier alpha value is -4.24. The number of rotatable bonds is 7. The van der Waals surface area contributed by atoms with Crippen molar-refractivity contribution in [3.05, 3.63) is 118 Å². The molecule has 1 aromatic heterocycles. The normalized spacial score (nSPS) is 16.6. The zero-order chi connectivity index (χ0) is 25.8. The topological polar surface area (TPSA) is 86.7 Å². The molecular formula is C28H24FN5O2S. The van der Waals surface area contributed by atoms with Gasteiger partial charge in [-0.2, -0.15) is 0 Å². The number of amidine groups is 1. The molecule has 186 valence electrons. The van der Waals surface area contributed by atoms with Gasteiger partial charge in [0, 0.05) is 17.6 Å². The van der Waals surface area contributed by atoms with Crippen LogP contribution in [0.2, 0.25) is 0 Å². The number of allylic oxidation sites excluding steroid dienone is 1. The molecule has 2 N–H and O–H groups in total. The molecule has 7 nitrogen and oxygen atoms in total. The second-order valence-electron chi connectivity index (χ2n) is 8.54. The molecule has 9 heteroatoms. The number of pyridine rings is 1. The second kappa shape index (κ2) is 10.8. The number of amides is 2. The Balaban J connectivity index is 1.43. The van der Waals surface area contributed by atoms with Crippen LogP contribution in [0.5, 0.6) is 0 Å². The monoisotopic (exact) mass is 513 g/mol. The number of hydrogen-bond donors (Lipinski definition) is 2. The smallest absolute Gasteiger partial charge is 0.255 e. The fourth-order valence-corrected chi connectivity index (χ4v) is 5.22. The maximum Gasteiger partial charge on any atom is 0.255 e. The number of thioether (sulfide) groups is 1. The average molecular weight is 514 g/mol. The standard InChI is InChI=1S/C28H24FN5O2S/c1-18-25(27(36)33-21-7-3-2-4-8-21)26(19-10-12-20(29)13-11-19)34-23(17-37-28(34)32-18)15-24(35)31-16-22-9-5-6-14-30-22/h2-14,17,26H,15-16H2,1H3,(H,31,35)(H,33,36)/t26-/m0/s1. The van der Waals surface area contributed by atoms with Crippen LogP contribution in [0, 0.1) is 5.82 Å². The summed E-state index contributed by atoms with van der Waals surface area (Å²) in [5, 5.41) is 8.39. The first-order chi connectivity index (χ1) is 18.0. The van der Waals surface area contributed by atoms with E-state index in [0.717, 1.165) is 5.69 Å². The molecule has 0 unspecified atom stereocenters. The van der Waals surface area contributed by atoms with Gasteiger partial charge in [0.15, 0.2) is 5.17 Å². The van der Waals surface area contributed by atoms with Crippen molar-refractivity contribution in [3.8, 4) is 0 Å². The van der Waals surface area contributed by atoms with E-state index >= 15 is 0 Å². The molecule has 2 aliphatic rings. The summed E-state index contributed by atoms with van der Waals surface area (Å²) < 4.78 is 13.8. The molecule has 0 aliphatic carbocycles. The van der Waals surface area contributed by atoms with Crippen LogP contribution in [0.3, 0.4) is 0 Å². The first-order valence-electron chi connectivity index (χ1n) is 11.7. The predicted molar refractivity (Wildman–Crippen MR) is 143 cm³/mol. The number of aliphatic imine (C=N–C) groups is 1. The molecule has 0 fully saturated rings. The summed E-state index contributed by atoms with van der Waals surface area (Å²) in [7, 11) is 0. The lowest BCUT2D eigenvalue weighted by Gasteiger charge is -2.36. The van der Waals surface area contributed by atoms with E-state index in [9.17, 15) is 14.0 Å². The van der Waals surface area contributed by atoms with Crippen molar-refractivity contribution in [2.75, 3.05) is 5.32 Å². The van der Waals surface area contributed by atoms with Gasteiger partial charge in [0.05, 0.1) is 36.0 Å². The molecule has 3 heterocycles. The third-order valence-electron chi connectivity index (χ3n) is 6.00. The fourth-order valence-electron chi connectivity index (χ4n) is 4.26. The molecule has 0 saturated heterocycles. The minimum absolute atomic E-state index is 0.0865. The first kappa shape index (κ1) is 24.5. The number of hydrogen-bond acceptors (Lipinski definition) is 6. The number of nitrogens with one attached hydrogen (secondary N) is 2. The third kappa shape index (κ3) is 5.46. The molecular weight excluding hydrogens is 489 g/mol. The van der Waals surface area contributed by atoms with Crippen LogP contribution in [-0.2, 0) is 16.1 Å². The summed E-state index contributed by atoms with van der Waals surface area (Å²) in [6, 6.07) is 20.2. The van der Waals surface area contributed by atoms with Gasteiger partial charge in [-0.05, 0) is 54.3 Å². The van der Waals surface area contributed by atoms with Crippen LogP contribution >= 0.6 is 11.8 Å². The molecule has 2 amide bonds. The van der Waals surface area contributed by atoms with Gasteiger partial charge in [0.25, 0.3) is 5.91 Å². The zero-order valence-electron chi connectivity index (χ0n) is 20.0. The molecule has 37 heavy (non-hydrogen) atoms. The predicted octanol–water partition coefficient (Wildman–Crippen LogP) is 5.14. The Morgan fingerprint density at radius 2 is 1.78 bits per heavy atom. The van der Waals surface area contributed by atoms with Crippen molar-refractivity contribution in [1.82, 2.24) is 15.2 Å². The lowest BCUT2D eigenvalue weighted by Crippen LogP contribution is -2.38. The summed E-state index contributed by atoms with van der Waals surface area (Å²) in [6.07, 6.45) is 1.77. The average Bonchev–Trinajstić information content (AvgIpc) is 3.30. The van der Waals surface area contributed by atoms with E-state index < -0.39 is 6.04 Å². The largest absolute Gasteiger partial charge is 0.350 e. The lowest BCUT2D eigenvalue weighted by molar-refractivity contribution is -0.120. The molecule has 5 rings (SSSR count). The van der Waals surface area contributed by atoms with Gasteiger partial charge in [0.2, 0.25) is 5.91 Å². The van der Waals surface area contributed by atoms with Crippen LogP contribution in [0.15, 0.2) is 106 Å². The van der Waals surface area contributed by atoms with Crippen molar-refractivity contribution < 1.29 is 14.0 Å². The maximum atomic E-state index is 13.8. The number of nitrogens with zero attached hydrogens (tertiary/aromatic N) is 3. The molecule has 0 spiro atoms. The molecule has 0 saturated carbocycles. The Kier molecular flexibility index (Phi) is 7.14. The molecule has 2 aromatic carbocycles. The van der Waals surface area contributed by atoms with E-state index in [1.54, 1.807) is 37.4 Å². The Bertz CT molecular complexity index is 1410. The number of carbonyl (C=O) groups is 2. The van der Waals surface area contributed by atoms with Crippen molar-refractivity contribution in [2.45, 2.75) is 25.9 Å². The van der Waals surface area contributed by atoms with E-state index in [4.69, 9.17) is 0 Å². The maximum absolute atomic E-state index is 13.8. The summed E-state index contributed by atoms with van der Waals surface area (Å²) in [5.41, 5.74) is 3.83. The lowest BCUT2D eigenvalue weighted by atomic mass is 9.93. The van der Waals surface area contributed by atoms with Gasteiger partial charge in [-0.25, -0.2) is 9.38 Å². The van der Waals surface area contributed by atoms with Gasteiger partial charge < -0.3 is 15.5 Å². The summed E-state index contributed by atoms with van der Waals surface area (Å²) in [6.45, 7) is 2.10. The van der Waals surface area contributed by atoms with Gasteiger partial charge in [-0.1, -0.05) is 48.2 Å². The molecule has 2 aliphatic heterocycles. The fraction of sp³-hybridized carbons (Fsp3) is 0.143. The van der Waals surface area contributed by atoms with Gasteiger partial charge in [-0.3, -0.25) is 14.6 Å². The molecule has 1 atom stereocenters. The van der Waals surface area contributed by atoms with Gasteiger partial charge in [-0.15, -0.1) is 0 Å². The van der Waals surface area contributed by atoms with Crippen molar-refractivity contribution in [3.63, 3.8) is 0 Å². The van der Waals surface area contributed by atoms with E-state index in [1.165, 1.54) is 23.9 Å².